The molecule has 5 N–H and O–H groups in total. The van der Waals surface area contributed by atoms with Gasteiger partial charge < -0.3 is 83.4 Å². The van der Waals surface area contributed by atoms with Crippen molar-refractivity contribution in [1.29, 1.82) is 0 Å². The number of rotatable bonds is 57. The van der Waals surface area contributed by atoms with Crippen LogP contribution in [0.2, 0.25) is 0 Å². The summed E-state index contributed by atoms with van der Waals surface area (Å²) in [5.41, 5.74) is -3.37. The average molecular weight is 1990 g/mol. The lowest BCUT2D eigenvalue weighted by atomic mass is 9.77. The highest BCUT2D eigenvalue weighted by Gasteiger charge is 2.53. The Morgan fingerprint density at radius 2 is 0.421 bits per heavy atom. The molecular formula is C108H191IN6O18. The SMILES string of the molecule is CCCCC(CCCc1cc(CCCC(CCCC)(C(=O)OCCCOC2CC(C)(C)NC(C)(C)C2)C(=O)OCCCOC2CC(C)(C)NC(C)(C)C2)cc(CCCC(CCCC)(C(=O)OCCCOC2CC(C)(C)NC(C)(C)C2)C(=O)OCCCOC2CC(C)(C)N(I)C(C)(C)C2)c1)(C(=O)OCCCOC1CC(C)(C)NC(C)(C)C1)C(=O)OCCCOC1CC(C)(C)NC(C)(C)C1. The number of aryl methyl sites for hydroxylation is 3. The van der Waals surface area contributed by atoms with E-state index in [4.69, 9.17) is 56.8 Å². The van der Waals surface area contributed by atoms with Crippen LogP contribution in [-0.2, 0) is 105 Å². The van der Waals surface area contributed by atoms with Crippen molar-refractivity contribution in [1.82, 2.24) is 29.7 Å². The van der Waals surface area contributed by atoms with Crippen LogP contribution in [-0.4, -0.2) is 221 Å². The zero-order chi connectivity index (χ0) is 98.8. The summed E-state index contributed by atoms with van der Waals surface area (Å²) in [6.45, 7) is 61.8. The first-order valence-electron chi connectivity index (χ1n) is 52.1. The molecule has 7 rings (SSSR count). The lowest BCUT2D eigenvalue weighted by Gasteiger charge is -2.51. The number of nitrogens with zero attached hydrogens (tertiary/aromatic N) is 1. The summed E-state index contributed by atoms with van der Waals surface area (Å²) in [6, 6.07) is 6.49. The van der Waals surface area contributed by atoms with Crippen molar-refractivity contribution in [2.45, 2.75) is 521 Å². The van der Waals surface area contributed by atoms with E-state index in [1.54, 1.807) is 0 Å². The molecule has 6 aliphatic heterocycles. The normalized spacial score (nSPS) is 22.3. The van der Waals surface area contributed by atoms with Crippen LogP contribution in [0.15, 0.2) is 18.2 Å². The van der Waals surface area contributed by atoms with Crippen molar-refractivity contribution in [3.63, 3.8) is 0 Å². The van der Waals surface area contributed by atoms with Crippen LogP contribution in [0.4, 0.5) is 0 Å². The van der Waals surface area contributed by atoms with E-state index in [-0.39, 0.29) is 181 Å². The molecule has 6 fully saturated rings. The number of unbranched alkanes of at least 4 members (excludes halogenated alkanes) is 3. The fraction of sp³-hybridized carbons (Fsp3) is 0.889. The predicted molar refractivity (Wildman–Crippen MR) is 539 cm³/mol. The Bertz CT molecular complexity index is 3360. The van der Waals surface area contributed by atoms with E-state index < -0.39 is 52.1 Å². The molecule has 0 spiro atoms. The van der Waals surface area contributed by atoms with E-state index in [0.717, 1.165) is 113 Å². The van der Waals surface area contributed by atoms with Crippen molar-refractivity contribution in [2.75, 3.05) is 79.3 Å². The highest BCUT2D eigenvalue weighted by molar-refractivity contribution is 14.1. The first-order chi connectivity index (χ1) is 61.8. The molecule has 25 heteroatoms. The van der Waals surface area contributed by atoms with Crippen molar-refractivity contribution < 1.29 is 85.6 Å². The molecule has 1 unspecified atom stereocenters. The van der Waals surface area contributed by atoms with Crippen molar-refractivity contribution in [2.24, 2.45) is 16.2 Å². The van der Waals surface area contributed by atoms with Crippen molar-refractivity contribution >= 4 is 58.7 Å². The molecule has 0 aliphatic carbocycles. The summed E-state index contributed by atoms with van der Waals surface area (Å²) in [6.07, 6.45) is 20.5. The maximum Gasteiger partial charge on any atom is 0.323 e. The topological polar surface area (TPSA) is 277 Å². The lowest BCUT2D eigenvalue weighted by molar-refractivity contribution is -0.176. The van der Waals surface area contributed by atoms with Gasteiger partial charge in [-0.25, -0.2) is 3.11 Å². The summed E-state index contributed by atoms with van der Waals surface area (Å²) in [5.74, 6) is -3.60. The number of nitrogens with one attached hydrogen (secondary N) is 5. The summed E-state index contributed by atoms with van der Waals surface area (Å²) in [4.78, 5) is 92.0. The van der Waals surface area contributed by atoms with E-state index in [2.05, 4.69) is 258 Å². The molecule has 1 aromatic carbocycles. The fourth-order valence-electron chi connectivity index (χ4n) is 24.0. The summed E-state index contributed by atoms with van der Waals surface area (Å²) < 4.78 is 79.3. The van der Waals surface area contributed by atoms with Crippen LogP contribution >= 0.6 is 22.9 Å². The highest BCUT2D eigenvalue weighted by atomic mass is 127. The lowest BCUT2D eigenvalue weighted by Crippen LogP contribution is -2.59. The second-order valence-corrected chi connectivity index (χ2v) is 50.0. The number of carbonyl (C=O) groups excluding carboxylic acids is 6. The number of ether oxygens (including phenoxy) is 12. The maximum atomic E-state index is 15.4. The monoisotopic (exact) mass is 1990 g/mol. The molecule has 1 aromatic rings. The molecule has 1 atom stereocenters. The predicted octanol–water partition coefficient (Wildman–Crippen LogP) is 20.8. The van der Waals surface area contributed by atoms with Gasteiger partial charge in [-0.3, -0.25) is 28.8 Å². The van der Waals surface area contributed by atoms with E-state index in [1.165, 1.54) is 0 Å². The van der Waals surface area contributed by atoms with E-state index in [9.17, 15) is 0 Å². The Balaban J connectivity index is 1.21. The van der Waals surface area contributed by atoms with Gasteiger partial charge in [0.1, 0.15) is 0 Å². The van der Waals surface area contributed by atoms with Gasteiger partial charge in [0, 0.05) is 128 Å². The van der Waals surface area contributed by atoms with Crippen molar-refractivity contribution in [3.05, 3.63) is 34.9 Å². The van der Waals surface area contributed by atoms with Gasteiger partial charge in [-0.05, 0) is 337 Å². The van der Waals surface area contributed by atoms with Gasteiger partial charge >= 0.3 is 35.8 Å². The number of hydrogen-bond donors (Lipinski definition) is 5. The minimum absolute atomic E-state index is 0.0253. The first kappa shape index (κ1) is 116. The van der Waals surface area contributed by atoms with Crippen LogP contribution in [0.5, 0.6) is 0 Å². The van der Waals surface area contributed by atoms with Crippen molar-refractivity contribution in [3.8, 4) is 0 Å². The third-order valence-corrected chi connectivity index (χ3v) is 30.7. The largest absolute Gasteiger partial charge is 0.465 e. The van der Waals surface area contributed by atoms with Gasteiger partial charge in [-0.2, -0.15) is 0 Å². The third kappa shape index (κ3) is 38.6. The number of benzene rings is 1. The summed E-state index contributed by atoms with van der Waals surface area (Å²) in [7, 11) is 0. The number of esters is 6. The average Bonchev–Trinajstić information content (AvgIpc) is 0.777. The Morgan fingerprint density at radius 3 is 0.586 bits per heavy atom. The van der Waals surface area contributed by atoms with Gasteiger partial charge in [0.2, 0.25) is 0 Å². The Hall–Kier alpha value is -3.71. The maximum absolute atomic E-state index is 15.4. The second-order valence-electron chi connectivity index (χ2n) is 49.0. The zero-order valence-electron chi connectivity index (χ0n) is 88.8. The Kier molecular flexibility index (Phi) is 44.4. The molecule has 0 radical (unpaired) electrons. The first-order valence-corrected chi connectivity index (χ1v) is 53.1. The molecule has 133 heavy (non-hydrogen) atoms. The van der Waals surface area contributed by atoms with Crippen LogP contribution in [0.1, 0.15) is 416 Å². The van der Waals surface area contributed by atoms with Gasteiger partial charge in [0.15, 0.2) is 16.2 Å². The van der Waals surface area contributed by atoms with Crippen LogP contribution < -0.4 is 26.6 Å². The minimum atomic E-state index is -1.63. The van der Waals surface area contributed by atoms with Crippen LogP contribution in [0.25, 0.3) is 0 Å². The van der Waals surface area contributed by atoms with Crippen LogP contribution in [0, 0.1) is 16.2 Å². The standard InChI is InChI=1S/C108H191IN6O18/c1-28-31-46-106(88(116)128-58-37-52-122-82-67-94(4,5)110-95(6,7)68-82,89(117)129-59-38-53-123-83-69-96(8,9)111-97(10,11)70-83)49-34-43-79-64-80(44-35-50-107(47-32-29-2,90(118)130-60-39-54-124-84-71-98(12,13)112-99(14,15)72-84)91(119)131-61-40-55-125-85-73-100(16,17)113-101(18,19)74-85)66-81(65-79)45-36-51-108(48-33-30-3,92(120)132-62-41-56-126-86-75-102(20,21)114-103(22,23)76-86)93(121)133-63-42-57-127-87-77-104(24,25)115(109)105(26,27)78-87/h64-66,82-87,110-114H,28-63,67-78H2,1-27H3. The molecule has 6 aliphatic rings. The van der Waals surface area contributed by atoms with Gasteiger partial charge in [-0.15, -0.1) is 0 Å². The molecule has 24 nitrogen and oxygen atoms in total. The molecule has 6 heterocycles. The van der Waals surface area contributed by atoms with Gasteiger partial charge in [0.25, 0.3) is 0 Å². The third-order valence-electron chi connectivity index (χ3n) is 28.1. The zero-order valence-corrected chi connectivity index (χ0v) is 91.0. The Morgan fingerprint density at radius 1 is 0.263 bits per heavy atom. The summed E-state index contributed by atoms with van der Waals surface area (Å²) >= 11 is 2.45. The Labute approximate surface area is 820 Å². The number of piperidine rings is 6. The van der Waals surface area contributed by atoms with E-state index >= 15 is 28.8 Å². The molecule has 0 bridgehead atoms. The minimum Gasteiger partial charge on any atom is -0.465 e. The van der Waals surface area contributed by atoms with Gasteiger partial charge in [-0.1, -0.05) is 77.5 Å². The number of carbonyl (C=O) groups is 6. The number of halogens is 1. The molecular weight excluding hydrogens is 1800 g/mol. The smallest absolute Gasteiger partial charge is 0.323 e. The number of hydrogen-bond acceptors (Lipinski definition) is 24. The second kappa shape index (κ2) is 50.8. The molecule has 0 saturated carbocycles. The molecule has 0 amide bonds. The quantitative estimate of drug-likeness (QED) is 0.0101. The van der Waals surface area contributed by atoms with Crippen LogP contribution in [0.3, 0.4) is 0 Å². The van der Waals surface area contributed by atoms with E-state index in [1.807, 2.05) is 0 Å². The summed E-state index contributed by atoms with van der Waals surface area (Å²) in [5, 5.41) is 18.7. The molecule has 0 aromatic heterocycles. The molecule has 6 saturated heterocycles. The van der Waals surface area contributed by atoms with E-state index in [0.29, 0.717) is 136 Å². The molecule has 768 valence electrons. The highest BCUT2D eigenvalue weighted by Crippen LogP contribution is 2.45. The fourth-order valence-corrected chi connectivity index (χ4v) is 24.4. The van der Waals surface area contributed by atoms with Gasteiger partial charge in [0.05, 0.1) is 116 Å².